The zero-order valence-electron chi connectivity index (χ0n) is 15.0. The van der Waals surface area contributed by atoms with Crippen LogP contribution in [0.2, 0.25) is 0 Å². The molecule has 2 bridgehead atoms. The molecular formula is C18H25ClN2O5S. The number of nitrogens with one attached hydrogen (secondary N) is 2. The first-order valence-corrected chi connectivity index (χ1v) is 10.8. The molecule has 3 aliphatic heterocycles. The van der Waals surface area contributed by atoms with E-state index < -0.39 is 9.84 Å². The monoisotopic (exact) mass is 416 g/mol. The number of fused-ring (bicyclic) bond motifs is 3. The van der Waals surface area contributed by atoms with Gasteiger partial charge >= 0.3 is 0 Å². The molecule has 0 spiro atoms. The first-order valence-electron chi connectivity index (χ1n) is 9.17. The first-order chi connectivity index (χ1) is 12.5. The number of amides is 1. The van der Waals surface area contributed by atoms with Crippen LogP contribution in [0.5, 0.6) is 11.5 Å². The number of benzene rings is 1. The maximum Gasteiger partial charge on any atom is 0.221 e. The Morgan fingerprint density at radius 1 is 1.11 bits per heavy atom. The molecule has 2 N–H and O–H groups in total. The van der Waals surface area contributed by atoms with Crippen molar-refractivity contribution >= 4 is 28.2 Å². The van der Waals surface area contributed by atoms with Crippen LogP contribution in [0.25, 0.3) is 0 Å². The van der Waals surface area contributed by atoms with Crippen LogP contribution in [0.1, 0.15) is 32.1 Å². The van der Waals surface area contributed by atoms with Crippen molar-refractivity contribution in [2.24, 2.45) is 0 Å². The van der Waals surface area contributed by atoms with Crippen LogP contribution in [-0.2, 0) is 14.6 Å². The second kappa shape index (κ2) is 8.24. The van der Waals surface area contributed by atoms with Crippen molar-refractivity contribution in [2.75, 3.05) is 19.0 Å². The summed E-state index contributed by atoms with van der Waals surface area (Å²) in [5.74, 6) is 0.578. The van der Waals surface area contributed by atoms with Crippen molar-refractivity contribution in [1.82, 2.24) is 10.6 Å². The molecule has 1 aromatic carbocycles. The molecule has 9 heteroatoms. The van der Waals surface area contributed by atoms with Crippen molar-refractivity contribution in [1.29, 1.82) is 0 Å². The summed E-state index contributed by atoms with van der Waals surface area (Å²) in [7, 11) is -3.55. The normalized spacial score (nSPS) is 26.1. The maximum atomic E-state index is 12.5. The van der Waals surface area contributed by atoms with Crippen molar-refractivity contribution in [3.05, 3.63) is 18.2 Å². The lowest BCUT2D eigenvalue weighted by molar-refractivity contribution is -0.121. The third-order valence-corrected chi connectivity index (χ3v) is 7.02. The van der Waals surface area contributed by atoms with Crippen molar-refractivity contribution in [2.45, 2.75) is 55.1 Å². The van der Waals surface area contributed by atoms with Crippen LogP contribution in [0.4, 0.5) is 0 Å². The standard InChI is InChI=1S/C18H24N2O5S.ClH/c21-18(20-14-9-12-1-2-13(10-14)19-12)5-8-26(22,23)15-3-4-16-17(11-15)25-7-6-24-16;/h3-4,11-14,19H,1-2,5-10H2,(H,20,21);1H. The number of carbonyl (C=O) groups excluding carboxylic acids is 1. The average molecular weight is 417 g/mol. The van der Waals surface area contributed by atoms with Gasteiger partial charge in [-0.3, -0.25) is 4.79 Å². The predicted molar refractivity (Wildman–Crippen MR) is 102 cm³/mol. The topological polar surface area (TPSA) is 93.7 Å². The number of carbonyl (C=O) groups is 1. The van der Waals surface area contributed by atoms with E-state index in [0.29, 0.717) is 36.8 Å². The van der Waals surface area contributed by atoms with Gasteiger partial charge in [-0.05, 0) is 37.8 Å². The molecule has 0 aromatic heterocycles. The van der Waals surface area contributed by atoms with E-state index in [0.717, 1.165) is 25.7 Å². The minimum Gasteiger partial charge on any atom is -0.486 e. The summed E-state index contributed by atoms with van der Waals surface area (Å²) in [6.45, 7) is 0.856. The summed E-state index contributed by atoms with van der Waals surface area (Å²) in [5.41, 5.74) is 0. The molecule has 3 aliphatic rings. The molecule has 0 aliphatic carbocycles. The van der Waals surface area contributed by atoms with E-state index in [-0.39, 0.29) is 41.4 Å². The molecule has 0 radical (unpaired) electrons. The van der Waals surface area contributed by atoms with E-state index in [1.165, 1.54) is 12.1 Å². The van der Waals surface area contributed by atoms with Gasteiger partial charge in [-0.25, -0.2) is 8.42 Å². The Morgan fingerprint density at radius 3 is 2.48 bits per heavy atom. The van der Waals surface area contributed by atoms with Crippen LogP contribution >= 0.6 is 12.4 Å². The Labute approximate surface area is 165 Å². The predicted octanol–water partition coefficient (Wildman–Crippen LogP) is 1.44. The van der Waals surface area contributed by atoms with Crippen LogP contribution in [0, 0.1) is 0 Å². The number of ether oxygens (including phenoxy) is 2. The smallest absolute Gasteiger partial charge is 0.221 e. The van der Waals surface area contributed by atoms with E-state index >= 15 is 0 Å². The number of halogens is 1. The van der Waals surface area contributed by atoms with Gasteiger partial charge in [-0.15, -0.1) is 12.4 Å². The highest BCUT2D eigenvalue weighted by molar-refractivity contribution is 7.91. The molecule has 27 heavy (non-hydrogen) atoms. The highest BCUT2D eigenvalue weighted by Crippen LogP contribution is 2.32. The van der Waals surface area contributed by atoms with E-state index in [9.17, 15) is 13.2 Å². The largest absolute Gasteiger partial charge is 0.486 e. The quantitative estimate of drug-likeness (QED) is 0.754. The molecule has 2 saturated heterocycles. The lowest BCUT2D eigenvalue weighted by Crippen LogP contribution is -2.48. The van der Waals surface area contributed by atoms with Gasteiger partial charge in [0.2, 0.25) is 5.91 Å². The van der Waals surface area contributed by atoms with E-state index in [2.05, 4.69) is 10.6 Å². The third-order valence-electron chi connectivity index (χ3n) is 5.31. The van der Waals surface area contributed by atoms with Gasteiger partial charge in [0.15, 0.2) is 21.3 Å². The summed E-state index contributed by atoms with van der Waals surface area (Å²) in [5, 5.41) is 6.53. The molecule has 2 unspecified atom stereocenters. The molecule has 4 rings (SSSR count). The Bertz CT molecular complexity index is 789. The highest BCUT2D eigenvalue weighted by atomic mass is 35.5. The number of hydrogen-bond donors (Lipinski definition) is 2. The van der Waals surface area contributed by atoms with Crippen molar-refractivity contribution < 1.29 is 22.7 Å². The molecule has 1 amide bonds. The molecule has 7 nitrogen and oxygen atoms in total. The Hall–Kier alpha value is -1.51. The first kappa shape index (κ1) is 20.2. The molecule has 3 heterocycles. The maximum absolute atomic E-state index is 12.5. The van der Waals surface area contributed by atoms with Crippen molar-refractivity contribution in [3.63, 3.8) is 0 Å². The summed E-state index contributed by atoms with van der Waals surface area (Å²) >= 11 is 0. The fraction of sp³-hybridized carbons (Fsp3) is 0.611. The highest BCUT2D eigenvalue weighted by Gasteiger charge is 2.34. The molecule has 2 fully saturated rings. The molecule has 2 atom stereocenters. The Balaban J connectivity index is 0.00000210. The summed E-state index contributed by atoms with van der Waals surface area (Å²) in [6.07, 6.45) is 4.15. The van der Waals surface area contributed by atoms with Gasteiger partial charge in [-0.2, -0.15) is 0 Å². The number of rotatable bonds is 5. The molecule has 1 aromatic rings. The zero-order chi connectivity index (χ0) is 18.1. The second-order valence-corrected chi connectivity index (χ2v) is 9.36. The van der Waals surface area contributed by atoms with Gasteiger partial charge in [0.25, 0.3) is 0 Å². The van der Waals surface area contributed by atoms with Gasteiger partial charge < -0.3 is 20.1 Å². The van der Waals surface area contributed by atoms with Gasteiger partial charge in [0.1, 0.15) is 13.2 Å². The van der Waals surface area contributed by atoms with Crippen LogP contribution in [0.3, 0.4) is 0 Å². The SMILES string of the molecule is Cl.O=C(CCS(=O)(=O)c1ccc2c(c1)OCCO2)NC1CC2CCC(C1)N2. The minimum absolute atomic E-state index is 0. The van der Waals surface area contributed by atoms with Crippen LogP contribution < -0.4 is 20.1 Å². The number of hydrogen-bond acceptors (Lipinski definition) is 6. The lowest BCUT2D eigenvalue weighted by atomic mass is 10.00. The number of sulfone groups is 1. The van der Waals surface area contributed by atoms with E-state index in [1.807, 2.05) is 0 Å². The average Bonchev–Trinajstić information content (AvgIpc) is 2.98. The van der Waals surface area contributed by atoms with E-state index in [1.54, 1.807) is 6.07 Å². The van der Waals surface area contributed by atoms with Crippen LogP contribution in [0.15, 0.2) is 23.1 Å². The lowest BCUT2D eigenvalue weighted by Gasteiger charge is -2.29. The molecule has 150 valence electrons. The van der Waals surface area contributed by atoms with Crippen LogP contribution in [-0.4, -0.2) is 51.4 Å². The zero-order valence-corrected chi connectivity index (χ0v) is 16.6. The second-order valence-electron chi connectivity index (χ2n) is 7.25. The van der Waals surface area contributed by atoms with Gasteiger partial charge in [0, 0.05) is 30.6 Å². The fourth-order valence-electron chi connectivity index (χ4n) is 4.04. The summed E-state index contributed by atoms with van der Waals surface area (Å²) in [6, 6.07) is 5.71. The third kappa shape index (κ3) is 4.67. The summed E-state index contributed by atoms with van der Waals surface area (Å²) < 4.78 is 35.9. The summed E-state index contributed by atoms with van der Waals surface area (Å²) in [4.78, 5) is 12.4. The van der Waals surface area contributed by atoms with Crippen molar-refractivity contribution in [3.8, 4) is 11.5 Å². The van der Waals surface area contributed by atoms with Gasteiger partial charge in [-0.1, -0.05) is 0 Å². The van der Waals surface area contributed by atoms with E-state index in [4.69, 9.17) is 9.47 Å². The fourth-order valence-corrected chi connectivity index (χ4v) is 5.29. The number of piperidine rings is 1. The Kier molecular flexibility index (Phi) is 6.18. The molecular weight excluding hydrogens is 392 g/mol. The minimum atomic E-state index is -3.55. The molecule has 0 saturated carbocycles. The Morgan fingerprint density at radius 2 is 1.78 bits per heavy atom. The van der Waals surface area contributed by atoms with Gasteiger partial charge in [0.05, 0.1) is 10.6 Å².